The molecular formula is C19H19NO4. The summed E-state index contributed by atoms with van der Waals surface area (Å²) in [5, 5.41) is 9.72. The molecule has 1 aliphatic carbocycles. The molecule has 2 aromatic rings. The Kier molecular flexibility index (Phi) is 3.44. The van der Waals surface area contributed by atoms with Crippen LogP contribution in [0.25, 0.3) is 0 Å². The molecule has 1 amide bonds. The van der Waals surface area contributed by atoms with Crippen molar-refractivity contribution in [2.75, 3.05) is 6.54 Å². The predicted octanol–water partition coefficient (Wildman–Crippen LogP) is 2.59. The number of rotatable bonds is 3. The van der Waals surface area contributed by atoms with Crippen molar-refractivity contribution < 1.29 is 19.1 Å². The fourth-order valence-electron chi connectivity index (χ4n) is 4.17. The fraction of sp³-hybridized carbons (Fsp3) is 0.368. The minimum Gasteiger partial charge on any atom is -0.481 e. The van der Waals surface area contributed by atoms with Gasteiger partial charge in [0.25, 0.3) is 0 Å². The van der Waals surface area contributed by atoms with E-state index in [2.05, 4.69) is 0 Å². The van der Waals surface area contributed by atoms with Crippen LogP contribution in [0.15, 0.2) is 40.8 Å². The summed E-state index contributed by atoms with van der Waals surface area (Å²) in [5.41, 5.74) is 1.74. The number of furan rings is 1. The molecule has 1 aromatic heterocycles. The van der Waals surface area contributed by atoms with Gasteiger partial charge < -0.3 is 14.4 Å². The first-order valence-electron chi connectivity index (χ1n) is 8.19. The van der Waals surface area contributed by atoms with E-state index >= 15 is 0 Å². The van der Waals surface area contributed by atoms with Gasteiger partial charge in [0.15, 0.2) is 0 Å². The quantitative estimate of drug-likeness (QED) is 0.941. The molecule has 0 unspecified atom stereocenters. The van der Waals surface area contributed by atoms with E-state index in [-0.39, 0.29) is 11.8 Å². The van der Waals surface area contributed by atoms with Crippen molar-refractivity contribution in [1.29, 1.82) is 0 Å². The average Bonchev–Trinajstić information content (AvgIpc) is 3.05. The first-order chi connectivity index (χ1) is 11.5. The summed E-state index contributed by atoms with van der Waals surface area (Å²) in [6.45, 7) is 2.93. The summed E-state index contributed by atoms with van der Waals surface area (Å²) in [4.78, 5) is 26.6. The summed E-state index contributed by atoms with van der Waals surface area (Å²) in [6, 6.07) is 11.6. The number of carbonyl (C=O) groups excluding carboxylic acids is 1. The second-order valence-corrected chi connectivity index (χ2v) is 6.75. The van der Waals surface area contributed by atoms with Gasteiger partial charge in [0, 0.05) is 25.1 Å². The number of nitrogens with zero attached hydrogens (tertiary/aromatic N) is 1. The second-order valence-electron chi connectivity index (χ2n) is 6.75. The molecule has 1 aliphatic heterocycles. The molecule has 5 heteroatoms. The highest BCUT2D eigenvalue weighted by molar-refractivity contribution is 5.90. The fourth-order valence-corrected chi connectivity index (χ4v) is 4.17. The van der Waals surface area contributed by atoms with E-state index in [1.165, 1.54) is 0 Å². The normalized spacial score (nSPS) is 25.5. The van der Waals surface area contributed by atoms with E-state index in [9.17, 15) is 14.7 Å². The maximum Gasteiger partial charge on any atom is 0.311 e. The summed E-state index contributed by atoms with van der Waals surface area (Å²) in [7, 11) is 0. The lowest BCUT2D eigenvalue weighted by Crippen LogP contribution is -2.35. The predicted molar refractivity (Wildman–Crippen MR) is 86.4 cm³/mol. The van der Waals surface area contributed by atoms with E-state index in [0.29, 0.717) is 30.8 Å². The standard InChI is InChI=1S/C19H19NO4/c1-11-7-14-15(24-11)8-13-10-20(9-12-5-3-2-4-6-12)18(21)16(13)17(14)19(22)23/h2-7,13,16-17H,8-10H2,1H3,(H,22,23)/t13-,16-,17+/m1/s1. The van der Waals surface area contributed by atoms with Gasteiger partial charge >= 0.3 is 5.97 Å². The van der Waals surface area contributed by atoms with Crippen LogP contribution in [0.4, 0.5) is 0 Å². The Morgan fingerprint density at radius 1 is 1.33 bits per heavy atom. The number of aliphatic carboxylic acids is 1. The highest BCUT2D eigenvalue weighted by Gasteiger charge is 2.52. The SMILES string of the molecule is Cc1cc2c(o1)C[C@@H]1CN(Cc3ccccc3)C(=O)[C@H]1[C@H]2C(=O)O. The van der Waals surface area contributed by atoms with Gasteiger partial charge in [0.05, 0.1) is 11.8 Å². The number of hydrogen-bond acceptors (Lipinski definition) is 3. The zero-order chi connectivity index (χ0) is 16.8. The van der Waals surface area contributed by atoms with Gasteiger partial charge in [-0.25, -0.2) is 0 Å². The molecule has 0 bridgehead atoms. The second kappa shape index (κ2) is 5.51. The van der Waals surface area contributed by atoms with Crippen LogP contribution in [0.1, 0.15) is 28.6 Å². The van der Waals surface area contributed by atoms with Crippen LogP contribution in [0, 0.1) is 18.8 Å². The molecule has 1 fully saturated rings. The zero-order valence-corrected chi connectivity index (χ0v) is 13.4. The van der Waals surface area contributed by atoms with Gasteiger partial charge in [-0.05, 0) is 24.5 Å². The number of hydrogen-bond donors (Lipinski definition) is 1. The van der Waals surface area contributed by atoms with E-state index in [4.69, 9.17) is 4.42 Å². The third-order valence-corrected chi connectivity index (χ3v) is 5.15. The van der Waals surface area contributed by atoms with Crippen molar-refractivity contribution in [3.8, 4) is 0 Å². The topological polar surface area (TPSA) is 70.8 Å². The van der Waals surface area contributed by atoms with Crippen molar-refractivity contribution in [3.63, 3.8) is 0 Å². The Balaban J connectivity index is 1.65. The first-order valence-corrected chi connectivity index (χ1v) is 8.19. The van der Waals surface area contributed by atoms with Crippen molar-refractivity contribution >= 4 is 11.9 Å². The lowest BCUT2D eigenvalue weighted by atomic mass is 9.72. The van der Waals surface area contributed by atoms with Crippen LogP contribution < -0.4 is 0 Å². The highest BCUT2D eigenvalue weighted by atomic mass is 16.4. The van der Waals surface area contributed by atoms with E-state index in [1.54, 1.807) is 11.0 Å². The van der Waals surface area contributed by atoms with Gasteiger partial charge in [-0.1, -0.05) is 30.3 Å². The Morgan fingerprint density at radius 2 is 2.08 bits per heavy atom. The molecule has 0 saturated carbocycles. The molecule has 0 spiro atoms. The minimum atomic E-state index is -0.943. The van der Waals surface area contributed by atoms with Gasteiger partial charge in [0.2, 0.25) is 5.91 Å². The van der Waals surface area contributed by atoms with Crippen LogP contribution in [-0.2, 0) is 22.6 Å². The van der Waals surface area contributed by atoms with Crippen LogP contribution in [0.5, 0.6) is 0 Å². The Labute approximate surface area is 139 Å². The van der Waals surface area contributed by atoms with E-state index < -0.39 is 17.8 Å². The molecule has 5 nitrogen and oxygen atoms in total. The van der Waals surface area contributed by atoms with Crippen molar-refractivity contribution in [3.05, 3.63) is 59.0 Å². The molecule has 2 heterocycles. The lowest BCUT2D eigenvalue weighted by molar-refractivity contribution is -0.145. The van der Waals surface area contributed by atoms with E-state index in [1.807, 2.05) is 37.3 Å². The van der Waals surface area contributed by atoms with Crippen LogP contribution in [0.2, 0.25) is 0 Å². The van der Waals surface area contributed by atoms with Crippen molar-refractivity contribution in [1.82, 2.24) is 4.90 Å². The minimum absolute atomic E-state index is 0.000335. The van der Waals surface area contributed by atoms with Crippen LogP contribution in [0.3, 0.4) is 0 Å². The van der Waals surface area contributed by atoms with Gasteiger partial charge in [-0.3, -0.25) is 9.59 Å². The van der Waals surface area contributed by atoms with Gasteiger partial charge in [-0.2, -0.15) is 0 Å². The molecule has 4 rings (SSSR count). The zero-order valence-electron chi connectivity index (χ0n) is 13.4. The molecule has 124 valence electrons. The molecule has 3 atom stereocenters. The molecule has 0 radical (unpaired) electrons. The lowest BCUT2D eigenvalue weighted by Gasteiger charge is -2.27. The Bertz CT molecular complexity index is 795. The molecule has 24 heavy (non-hydrogen) atoms. The average molecular weight is 325 g/mol. The Morgan fingerprint density at radius 3 is 2.79 bits per heavy atom. The van der Waals surface area contributed by atoms with Crippen molar-refractivity contribution in [2.24, 2.45) is 11.8 Å². The number of benzene rings is 1. The highest BCUT2D eigenvalue weighted by Crippen LogP contribution is 2.46. The number of carbonyl (C=O) groups is 2. The number of likely N-dealkylation sites (tertiary alicyclic amines) is 1. The third-order valence-electron chi connectivity index (χ3n) is 5.15. The number of fused-ring (bicyclic) bond motifs is 2. The number of carboxylic acid groups (broad SMARTS) is 1. The molecule has 1 aromatic carbocycles. The van der Waals surface area contributed by atoms with Gasteiger partial charge in [0.1, 0.15) is 11.5 Å². The third kappa shape index (κ3) is 2.31. The molecule has 1 saturated heterocycles. The Hall–Kier alpha value is -2.56. The number of amides is 1. The summed E-state index contributed by atoms with van der Waals surface area (Å²) in [5.74, 6) is -0.849. The largest absolute Gasteiger partial charge is 0.481 e. The maximum atomic E-state index is 12.9. The summed E-state index contributed by atoms with van der Waals surface area (Å²) in [6.07, 6.45) is 0.634. The number of carboxylic acids is 1. The summed E-state index contributed by atoms with van der Waals surface area (Å²) >= 11 is 0. The smallest absolute Gasteiger partial charge is 0.311 e. The first kappa shape index (κ1) is 15.0. The summed E-state index contributed by atoms with van der Waals surface area (Å²) < 4.78 is 5.69. The van der Waals surface area contributed by atoms with E-state index in [0.717, 1.165) is 11.3 Å². The molecule has 1 N–H and O–H groups in total. The van der Waals surface area contributed by atoms with Gasteiger partial charge in [-0.15, -0.1) is 0 Å². The van der Waals surface area contributed by atoms with Crippen LogP contribution in [-0.4, -0.2) is 28.4 Å². The molecule has 2 aliphatic rings. The maximum absolute atomic E-state index is 12.9. The number of aryl methyl sites for hydroxylation is 1. The molecular weight excluding hydrogens is 306 g/mol. The van der Waals surface area contributed by atoms with Crippen molar-refractivity contribution in [2.45, 2.75) is 25.8 Å². The monoisotopic (exact) mass is 325 g/mol. The van der Waals surface area contributed by atoms with Crippen LogP contribution >= 0.6 is 0 Å².